The van der Waals surface area contributed by atoms with E-state index >= 15 is 0 Å². The summed E-state index contributed by atoms with van der Waals surface area (Å²) in [5, 5.41) is 6.30. The van der Waals surface area contributed by atoms with Gasteiger partial charge in [0.15, 0.2) is 0 Å². The number of aromatic nitrogens is 1. The summed E-state index contributed by atoms with van der Waals surface area (Å²) in [5.41, 5.74) is 2.69. The Morgan fingerprint density at radius 1 is 1.06 bits per heavy atom. The molecular weight excluding hydrogens is 451 g/mol. The number of nitrogens with zero attached hydrogens (tertiary/aromatic N) is 3. The fourth-order valence-corrected chi connectivity index (χ4v) is 4.62. The van der Waals surface area contributed by atoms with Crippen LogP contribution in [0.15, 0.2) is 41.8 Å². The van der Waals surface area contributed by atoms with E-state index in [1.807, 2.05) is 24.3 Å². The highest BCUT2D eigenvalue weighted by atomic mass is 35.5. The quantitative estimate of drug-likeness (QED) is 0.533. The van der Waals surface area contributed by atoms with E-state index in [9.17, 15) is 4.79 Å². The van der Waals surface area contributed by atoms with E-state index in [2.05, 4.69) is 46.5 Å². The zero-order chi connectivity index (χ0) is 20.2. The summed E-state index contributed by atoms with van der Waals surface area (Å²) in [6, 6.07) is 12.1. The topological polar surface area (TPSA) is 48.5 Å². The number of halogens is 2. The summed E-state index contributed by atoms with van der Waals surface area (Å²) in [6.07, 6.45) is 0.934. The lowest BCUT2D eigenvalue weighted by Crippen LogP contribution is -2.46. The van der Waals surface area contributed by atoms with Crippen LogP contribution in [0.1, 0.15) is 30.6 Å². The molecule has 0 unspecified atom stereocenters. The number of piperazine rings is 1. The maximum absolute atomic E-state index is 12.2. The third-order valence-electron chi connectivity index (χ3n) is 5.51. The molecule has 0 radical (unpaired) electrons. The SMILES string of the molecule is CCCNC(=O)c1ccc(-c2cc3ccsc3c(N3CCN(CC)CC3)n2)cc1.Cl.Cl. The predicted octanol–water partition coefficient (Wildman–Crippen LogP) is 5.09. The summed E-state index contributed by atoms with van der Waals surface area (Å²) in [6.45, 7) is 10.3. The normalized spacial score (nSPS) is 14.1. The van der Waals surface area contributed by atoms with E-state index in [1.54, 1.807) is 11.3 Å². The minimum Gasteiger partial charge on any atom is -0.353 e. The largest absolute Gasteiger partial charge is 0.353 e. The van der Waals surface area contributed by atoms with Gasteiger partial charge in [-0.25, -0.2) is 4.98 Å². The molecule has 2 aromatic heterocycles. The number of amides is 1. The first-order valence-corrected chi connectivity index (χ1v) is 11.3. The molecule has 0 spiro atoms. The van der Waals surface area contributed by atoms with Crippen LogP contribution < -0.4 is 10.2 Å². The maximum atomic E-state index is 12.2. The van der Waals surface area contributed by atoms with Gasteiger partial charge in [0.1, 0.15) is 5.82 Å². The minimum absolute atomic E-state index is 0. The second-order valence-electron chi connectivity index (χ2n) is 7.42. The molecule has 31 heavy (non-hydrogen) atoms. The molecule has 8 heteroatoms. The number of fused-ring (bicyclic) bond motifs is 1. The zero-order valence-corrected chi connectivity index (χ0v) is 20.4. The Labute approximate surface area is 200 Å². The molecule has 1 saturated heterocycles. The summed E-state index contributed by atoms with van der Waals surface area (Å²) in [7, 11) is 0. The van der Waals surface area contributed by atoms with Gasteiger partial charge in [-0.15, -0.1) is 36.2 Å². The van der Waals surface area contributed by atoms with Gasteiger partial charge in [0.2, 0.25) is 0 Å². The summed E-state index contributed by atoms with van der Waals surface area (Å²) >= 11 is 1.76. The molecule has 0 saturated carbocycles. The molecule has 0 atom stereocenters. The molecule has 168 valence electrons. The summed E-state index contributed by atoms with van der Waals surface area (Å²) in [4.78, 5) is 22.1. The zero-order valence-electron chi connectivity index (χ0n) is 18.0. The van der Waals surface area contributed by atoms with Crippen LogP contribution in [0, 0.1) is 0 Å². The predicted molar refractivity (Wildman–Crippen MR) is 137 cm³/mol. The Bertz CT molecular complexity index is 985. The van der Waals surface area contributed by atoms with Gasteiger partial charge >= 0.3 is 0 Å². The van der Waals surface area contributed by atoms with Crippen molar-refractivity contribution in [3.63, 3.8) is 0 Å². The Balaban J connectivity index is 0.00000171. The fourth-order valence-electron chi connectivity index (χ4n) is 3.73. The van der Waals surface area contributed by atoms with Crippen LogP contribution in [-0.2, 0) is 0 Å². The molecule has 1 aliphatic rings. The van der Waals surface area contributed by atoms with Gasteiger partial charge in [0.25, 0.3) is 5.91 Å². The Morgan fingerprint density at radius 3 is 2.42 bits per heavy atom. The van der Waals surface area contributed by atoms with Crippen molar-refractivity contribution in [2.45, 2.75) is 20.3 Å². The molecule has 1 aliphatic heterocycles. The van der Waals surface area contributed by atoms with Crippen molar-refractivity contribution in [2.24, 2.45) is 0 Å². The third-order valence-corrected chi connectivity index (χ3v) is 6.44. The van der Waals surface area contributed by atoms with Crippen molar-refractivity contribution in [2.75, 3.05) is 44.2 Å². The molecule has 4 rings (SSSR count). The average molecular weight is 481 g/mol. The third kappa shape index (κ3) is 5.69. The van der Waals surface area contributed by atoms with Gasteiger partial charge < -0.3 is 15.1 Å². The fraction of sp³-hybridized carbons (Fsp3) is 0.391. The highest BCUT2D eigenvalue weighted by Crippen LogP contribution is 2.34. The molecule has 0 aliphatic carbocycles. The van der Waals surface area contributed by atoms with Crippen molar-refractivity contribution in [3.05, 3.63) is 47.3 Å². The summed E-state index contributed by atoms with van der Waals surface area (Å²) in [5.74, 6) is 1.07. The van der Waals surface area contributed by atoms with Crippen LogP contribution in [-0.4, -0.2) is 55.1 Å². The van der Waals surface area contributed by atoms with Crippen molar-refractivity contribution >= 4 is 58.0 Å². The first-order valence-electron chi connectivity index (χ1n) is 10.4. The van der Waals surface area contributed by atoms with Crippen LogP contribution in [0.4, 0.5) is 5.82 Å². The molecule has 5 nitrogen and oxygen atoms in total. The molecule has 3 aromatic rings. The van der Waals surface area contributed by atoms with Gasteiger partial charge in [-0.05, 0) is 48.0 Å². The number of rotatable bonds is 6. The molecule has 1 aromatic carbocycles. The van der Waals surface area contributed by atoms with E-state index in [1.165, 1.54) is 10.1 Å². The number of hydrogen-bond acceptors (Lipinski definition) is 5. The monoisotopic (exact) mass is 480 g/mol. The highest BCUT2D eigenvalue weighted by molar-refractivity contribution is 7.17. The van der Waals surface area contributed by atoms with E-state index in [0.717, 1.165) is 56.2 Å². The van der Waals surface area contributed by atoms with Crippen LogP contribution in [0.5, 0.6) is 0 Å². The number of hydrogen-bond donors (Lipinski definition) is 1. The highest BCUT2D eigenvalue weighted by Gasteiger charge is 2.20. The molecule has 1 N–H and O–H groups in total. The van der Waals surface area contributed by atoms with Crippen molar-refractivity contribution in [1.82, 2.24) is 15.2 Å². The lowest BCUT2D eigenvalue weighted by Gasteiger charge is -2.35. The molecule has 0 bridgehead atoms. The van der Waals surface area contributed by atoms with E-state index in [0.29, 0.717) is 12.1 Å². The molecule has 1 amide bonds. The Hall–Kier alpha value is -1.86. The van der Waals surface area contributed by atoms with Crippen molar-refractivity contribution < 1.29 is 4.79 Å². The van der Waals surface area contributed by atoms with Gasteiger partial charge in [-0.1, -0.05) is 26.0 Å². The first-order chi connectivity index (χ1) is 14.2. The number of anilines is 1. The Morgan fingerprint density at radius 2 is 1.77 bits per heavy atom. The second kappa shape index (κ2) is 11.7. The van der Waals surface area contributed by atoms with Crippen molar-refractivity contribution in [1.29, 1.82) is 0 Å². The minimum atomic E-state index is -0.0193. The Kier molecular flexibility index (Phi) is 9.56. The van der Waals surface area contributed by atoms with Crippen molar-refractivity contribution in [3.8, 4) is 11.3 Å². The molecule has 1 fully saturated rings. The van der Waals surface area contributed by atoms with Crippen LogP contribution >= 0.6 is 36.2 Å². The first kappa shape index (κ1) is 25.4. The number of likely N-dealkylation sites (N-methyl/N-ethyl adjacent to an activating group) is 1. The standard InChI is InChI=1S/C23H28N4OS.2ClH/c1-3-10-24-23(28)18-7-5-17(6-8-18)20-16-19-9-15-29-21(19)22(25-20)27-13-11-26(4-2)12-14-27;;/h5-9,15-16H,3-4,10-14H2,1-2H3,(H,24,28);2*1H. The lowest BCUT2D eigenvalue weighted by atomic mass is 10.1. The maximum Gasteiger partial charge on any atom is 0.251 e. The average Bonchev–Trinajstić information content (AvgIpc) is 3.26. The molecular formula is C23H30Cl2N4OS. The van der Waals surface area contributed by atoms with E-state index in [-0.39, 0.29) is 30.7 Å². The number of thiophene rings is 1. The number of benzene rings is 1. The van der Waals surface area contributed by atoms with Gasteiger partial charge in [-0.2, -0.15) is 0 Å². The van der Waals surface area contributed by atoms with Gasteiger partial charge in [0.05, 0.1) is 10.4 Å². The van der Waals surface area contributed by atoms with Gasteiger partial charge in [-0.3, -0.25) is 4.79 Å². The number of carbonyl (C=O) groups excluding carboxylic acids is 1. The van der Waals surface area contributed by atoms with Crippen LogP contribution in [0.25, 0.3) is 21.3 Å². The number of nitrogens with one attached hydrogen (secondary N) is 1. The van der Waals surface area contributed by atoms with Gasteiger partial charge in [0, 0.05) is 43.9 Å². The molecule has 3 heterocycles. The number of pyridine rings is 1. The number of carbonyl (C=O) groups is 1. The second-order valence-corrected chi connectivity index (χ2v) is 8.34. The van der Waals surface area contributed by atoms with E-state index in [4.69, 9.17) is 4.98 Å². The van der Waals surface area contributed by atoms with E-state index < -0.39 is 0 Å². The van der Waals surface area contributed by atoms with Crippen LogP contribution in [0.3, 0.4) is 0 Å². The van der Waals surface area contributed by atoms with Crippen LogP contribution in [0.2, 0.25) is 0 Å². The smallest absolute Gasteiger partial charge is 0.251 e. The lowest BCUT2D eigenvalue weighted by molar-refractivity contribution is 0.0953. The summed E-state index contributed by atoms with van der Waals surface area (Å²) < 4.78 is 1.26.